The van der Waals surface area contributed by atoms with Gasteiger partial charge < -0.3 is 14.6 Å². The molecule has 1 fully saturated rings. The van der Waals surface area contributed by atoms with Crippen LogP contribution in [0.25, 0.3) is 0 Å². The highest BCUT2D eigenvalue weighted by Crippen LogP contribution is 2.17. The Bertz CT molecular complexity index is 782. The molecule has 1 saturated heterocycles. The highest BCUT2D eigenvalue weighted by molar-refractivity contribution is 9.10. The average molecular weight is 420 g/mol. The fourth-order valence-electron chi connectivity index (χ4n) is 3.04. The van der Waals surface area contributed by atoms with Crippen LogP contribution < -0.4 is 5.32 Å². The summed E-state index contributed by atoms with van der Waals surface area (Å²) in [4.78, 5) is 28.5. The van der Waals surface area contributed by atoms with Crippen LogP contribution >= 0.6 is 15.9 Å². The Labute approximate surface area is 161 Å². The van der Waals surface area contributed by atoms with Gasteiger partial charge >= 0.3 is 0 Å². The topological polar surface area (TPSA) is 65.8 Å². The Kier molecular flexibility index (Phi) is 6.11. The van der Waals surface area contributed by atoms with Crippen LogP contribution in [0.3, 0.4) is 0 Å². The van der Waals surface area contributed by atoms with Crippen molar-refractivity contribution in [2.24, 2.45) is 0 Å². The molecule has 0 radical (unpaired) electrons. The molecule has 1 aromatic carbocycles. The summed E-state index contributed by atoms with van der Waals surface area (Å²) in [5.74, 6) is 0.191. The van der Waals surface area contributed by atoms with Gasteiger partial charge in [-0.25, -0.2) is 0 Å². The zero-order valence-electron chi connectivity index (χ0n) is 14.7. The molecule has 7 heteroatoms. The minimum Gasteiger partial charge on any atom is -0.444 e. The van der Waals surface area contributed by atoms with Gasteiger partial charge in [0.2, 0.25) is 5.91 Å². The lowest BCUT2D eigenvalue weighted by atomic mass is 10.1. The van der Waals surface area contributed by atoms with E-state index >= 15 is 0 Å². The lowest BCUT2D eigenvalue weighted by Gasteiger charge is -2.33. The highest BCUT2D eigenvalue weighted by atomic mass is 79.9. The number of carbonyl (C=O) groups excluding carboxylic acids is 2. The third-order valence-electron chi connectivity index (χ3n) is 4.48. The first-order valence-corrected chi connectivity index (χ1v) is 9.51. The summed E-state index contributed by atoms with van der Waals surface area (Å²) in [6, 6.07) is 11.2. The van der Waals surface area contributed by atoms with Gasteiger partial charge in [-0.2, -0.15) is 0 Å². The predicted octanol–water partition coefficient (Wildman–Crippen LogP) is 3.00. The monoisotopic (exact) mass is 419 g/mol. The maximum Gasteiger partial charge on any atom is 0.289 e. The summed E-state index contributed by atoms with van der Waals surface area (Å²) in [5.41, 5.74) is 2.00. The van der Waals surface area contributed by atoms with E-state index in [9.17, 15) is 9.59 Å². The van der Waals surface area contributed by atoms with Crippen LogP contribution in [0.15, 0.2) is 45.5 Å². The van der Waals surface area contributed by atoms with Gasteiger partial charge in [0.25, 0.3) is 5.91 Å². The van der Waals surface area contributed by atoms with Crippen molar-refractivity contribution in [3.63, 3.8) is 0 Å². The lowest BCUT2D eigenvalue weighted by molar-refractivity contribution is -0.117. The number of hydrogen-bond acceptors (Lipinski definition) is 4. The van der Waals surface area contributed by atoms with Crippen molar-refractivity contribution in [2.45, 2.75) is 13.3 Å². The van der Waals surface area contributed by atoms with Crippen molar-refractivity contribution < 1.29 is 14.0 Å². The Morgan fingerprint density at radius 1 is 1.12 bits per heavy atom. The van der Waals surface area contributed by atoms with Crippen LogP contribution in [0, 0.1) is 0 Å². The van der Waals surface area contributed by atoms with Crippen molar-refractivity contribution in [1.29, 1.82) is 0 Å². The van der Waals surface area contributed by atoms with E-state index < -0.39 is 0 Å². The van der Waals surface area contributed by atoms with Crippen molar-refractivity contribution in [1.82, 2.24) is 9.80 Å². The first-order valence-electron chi connectivity index (χ1n) is 8.71. The van der Waals surface area contributed by atoms with Gasteiger partial charge in [-0.3, -0.25) is 14.5 Å². The standard InChI is InChI=1S/C19H22BrN3O3/c1-2-14-5-3-4-6-15(14)21-18(24)13-22-9-11-23(12-10-22)19(25)16-7-8-17(20)26-16/h3-8H,2,9-13H2,1H3,(H,21,24). The van der Waals surface area contributed by atoms with E-state index in [0.717, 1.165) is 17.7 Å². The fraction of sp³-hybridized carbons (Fsp3) is 0.368. The number of benzene rings is 1. The van der Waals surface area contributed by atoms with Gasteiger partial charge in [-0.15, -0.1) is 0 Å². The van der Waals surface area contributed by atoms with E-state index in [2.05, 4.69) is 33.1 Å². The molecule has 138 valence electrons. The molecule has 0 unspecified atom stereocenters. The normalized spacial score (nSPS) is 15.1. The van der Waals surface area contributed by atoms with Crippen molar-refractivity contribution in [2.75, 3.05) is 38.0 Å². The number of hydrogen-bond donors (Lipinski definition) is 1. The Balaban J connectivity index is 1.49. The third kappa shape index (κ3) is 4.53. The molecule has 2 heterocycles. The van der Waals surface area contributed by atoms with Gasteiger partial charge in [-0.1, -0.05) is 25.1 Å². The molecular formula is C19H22BrN3O3. The summed E-state index contributed by atoms with van der Waals surface area (Å²) in [6.45, 7) is 4.88. The van der Waals surface area contributed by atoms with Crippen LogP contribution in [0.4, 0.5) is 5.69 Å². The number of amides is 2. The molecule has 0 spiro atoms. The van der Waals surface area contributed by atoms with Crippen LogP contribution in [-0.4, -0.2) is 54.3 Å². The number of rotatable bonds is 5. The Hall–Kier alpha value is -2.12. The second-order valence-electron chi connectivity index (χ2n) is 6.23. The van der Waals surface area contributed by atoms with E-state index in [1.165, 1.54) is 0 Å². The predicted molar refractivity (Wildman–Crippen MR) is 103 cm³/mol. The number of furan rings is 1. The number of carbonyl (C=O) groups is 2. The summed E-state index contributed by atoms with van der Waals surface area (Å²) < 4.78 is 5.87. The maximum absolute atomic E-state index is 12.4. The van der Waals surface area contributed by atoms with Crippen LogP contribution in [-0.2, 0) is 11.2 Å². The smallest absolute Gasteiger partial charge is 0.289 e. The van der Waals surface area contributed by atoms with Gasteiger partial charge in [0.15, 0.2) is 10.4 Å². The molecule has 3 rings (SSSR count). The molecule has 1 N–H and O–H groups in total. The molecule has 1 aliphatic heterocycles. The summed E-state index contributed by atoms with van der Waals surface area (Å²) in [6.07, 6.45) is 0.875. The first-order chi connectivity index (χ1) is 12.6. The van der Waals surface area contributed by atoms with Crippen LogP contribution in [0.5, 0.6) is 0 Å². The molecular weight excluding hydrogens is 398 g/mol. The summed E-state index contributed by atoms with van der Waals surface area (Å²) in [5, 5.41) is 2.99. The molecule has 0 bridgehead atoms. The minimum atomic E-state index is -0.114. The third-order valence-corrected chi connectivity index (χ3v) is 4.91. The number of halogens is 1. The van der Waals surface area contributed by atoms with Crippen molar-refractivity contribution >= 4 is 33.4 Å². The van der Waals surface area contributed by atoms with Crippen LogP contribution in [0.2, 0.25) is 0 Å². The molecule has 2 aromatic rings. The number of piperazine rings is 1. The highest BCUT2D eigenvalue weighted by Gasteiger charge is 2.25. The van der Waals surface area contributed by atoms with Gasteiger partial charge in [-0.05, 0) is 46.1 Å². The van der Waals surface area contributed by atoms with E-state index in [-0.39, 0.29) is 11.8 Å². The molecule has 0 atom stereocenters. The van der Waals surface area contributed by atoms with E-state index in [4.69, 9.17) is 4.42 Å². The average Bonchev–Trinajstić information content (AvgIpc) is 3.08. The second-order valence-corrected chi connectivity index (χ2v) is 7.01. The van der Waals surface area contributed by atoms with Gasteiger partial charge in [0.05, 0.1) is 6.54 Å². The number of anilines is 1. The second kappa shape index (κ2) is 8.51. The summed E-state index contributed by atoms with van der Waals surface area (Å²) >= 11 is 3.21. The van der Waals surface area contributed by atoms with Gasteiger partial charge in [0.1, 0.15) is 0 Å². The van der Waals surface area contributed by atoms with Crippen molar-refractivity contribution in [3.8, 4) is 0 Å². The molecule has 0 saturated carbocycles. The van der Waals surface area contributed by atoms with E-state index in [0.29, 0.717) is 43.2 Å². The summed E-state index contributed by atoms with van der Waals surface area (Å²) in [7, 11) is 0. The quantitative estimate of drug-likeness (QED) is 0.808. The zero-order valence-corrected chi connectivity index (χ0v) is 16.3. The van der Waals surface area contributed by atoms with Crippen molar-refractivity contribution in [3.05, 3.63) is 52.4 Å². The largest absolute Gasteiger partial charge is 0.444 e. The molecule has 1 aliphatic rings. The number of aryl methyl sites for hydroxylation is 1. The zero-order chi connectivity index (χ0) is 18.5. The SMILES string of the molecule is CCc1ccccc1NC(=O)CN1CCN(C(=O)c2ccc(Br)o2)CC1. The van der Waals surface area contributed by atoms with E-state index in [1.54, 1.807) is 17.0 Å². The Morgan fingerprint density at radius 2 is 1.85 bits per heavy atom. The maximum atomic E-state index is 12.4. The number of para-hydroxylation sites is 1. The number of nitrogens with zero attached hydrogens (tertiary/aromatic N) is 2. The minimum absolute atomic E-state index is 0.0272. The molecule has 0 aliphatic carbocycles. The lowest BCUT2D eigenvalue weighted by Crippen LogP contribution is -2.50. The molecule has 2 amide bonds. The molecule has 6 nitrogen and oxygen atoms in total. The first kappa shape index (κ1) is 18.7. The molecule has 26 heavy (non-hydrogen) atoms. The van der Waals surface area contributed by atoms with E-state index in [1.807, 2.05) is 24.3 Å². The number of nitrogens with one attached hydrogen (secondary N) is 1. The fourth-order valence-corrected chi connectivity index (χ4v) is 3.34. The molecule has 1 aromatic heterocycles. The van der Waals surface area contributed by atoms with Crippen LogP contribution in [0.1, 0.15) is 23.0 Å². The van der Waals surface area contributed by atoms with Gasteiger partial charge in [0, 0.05) is 31.9 Å². The Morgan fingerprint density at radius 3 is 2.50 bits per heavy atom.